The molecular formula is C22H19FN2O2S. The summed E-state index contributed by atoms with van der Waals surface area (Å²) < 4.78 is 21.5. The highest BCUT2D eigenvalue weighted by molar-refractivity contribution is 7.19. The number of ether oxygens (including phenoxy) is 1. The molecule has 1 saturated heterocycles. The zero-order valence-electron chi connectivity index (χ0n) is 15.6. The molecule has 1 fully saturated rings. The summed E-state index contributed by atoms with van der Waals surface area (Å²) in [6, 6.07) is 10.7. The summed E-state index contributed by atoms with van der Waals surface area (Å²) in [7, 11) is 0. The van der Waals surface area contributed by atoms with Gasteiger partial charge in [-0.25, -0.2) is 9.37 Å². The topological polar surface area (TPSA) is 42.4 Å². The standard InChI is InChI=1S/C22H19FN2O2S/c1-14-11-25(12-15(2)27-14)20-10-18(23)16(9-17(20)13-26)7-8-22-24-19-5-3-4-6-21(19)28-22/h3-6,9-10,13-15H,11-12H2,1-2H3/t14-,15+. The molecule has 0 radical (unpaired) electrons. The van der Waals surface area contributed by atoms with Crippen molar-refractivity contribution in [3.63, 3.8) is 0 Å². The predicted molar refractivity (Wildman–Crippen MR) is 110 cm³/mol. The number of anilines is 1. The maximum absolute atomic E-state index is 14.7. The number of benzene rings is 2. The van der Waals surface area contributed by atoms with Crippen molar-refractivity contribution in [1.29, 1.82) is 0 Å². The fraction of sp³-hybridized carbons (Fsp3) is 0.273. The highest BCUT2D eigenvalue weighted by Crippen LogP contribution is 2.27. The lowest BCUT2D eigenvalue weighted by molar-refractivity contribution is -0.00527. The van der Waals surface area contributed by atoms with Crippen LogP contribution in [0.4, 0.5) is 10.1 Å². The van der Waals surface area contributed by atoms with Gasteiger partial charge >= 0.3 is 0 Å². The second-order valence-electron chi connectivity index (χ2n) is 6.91. The van der Waals surface area contributed by atoms with Crippen molar-refractivity contribution in [3.8, 4) is 11.8 Å². The highest BCUT2D eigenvalue weighted by atomic mass is 32.1. The van der Waals surface area contributed by atoms with Crippen molar-refractivity contribution in [1.82, 2.24) is 4.98 Å². The number of para-hydroxylation sites is 1. The van der Waals surface area contributed by atoms with Gasteiger partial charge in [-0.15, -0.1) is 11.3 Å². The van der Waals surface area contributed by atoms with Gasteiger partial charge in [0.15, 0.2) is 11.3 Å². The van der Waals surface area contributed by atoms with Gasteiger partial charge in [0.1, 0.15) is 5.82 Å². The first-order valence-electron chi connectivity index (χ1n) is 9.10. The monoisotopic (exact) mass is 394 g/mol. The average molecular weight is 394 g/mol. The highest BCUT2D eigenvalue weighted by Gasteiger charge is 2.24. The minimum absolute atomic E-state index is 0.0183. The van der Waals surface area contributed by atoms with Crippen LogP contribution in [0.1, 0.15) is 34.8 Å². The molecule has 4 rings (SSSR count). The predicted octanol–water partition coefficient (Wildman–Crippen LogP) is 4.26. The first-order chi connectivity index (χ1) is 13.5. The maximum atomic E-state index is 14.7. The van der Waals surface area contributed by atoms with Crippen molar-refractivity contribution in [2.24, 2.45) is 0 Å². The van der Waals surface area contributed by atoms with Crippen LogP contribution in [0, 0.1) is 17.7 Å². The molecule has 2 atom stereocenters. The number of aldehydes is 1. The molecule has 2 heterocycles. The van der Waals surface area contributed by atoms with E-state index in [1.54, 1.807) is 0 Å². The number of nitrogens with zero attached hydrogens (tertiary/aromatic N) is 2. The molecule has 0 spiro atoms. The number of halogens is 1. The molecule has 1 aliphatic heterocycles. The van der Waals surface area contributed by atoms with Crippen molar-refractivity contribution >= 4 is 33.5 Å². The van der Waals surface area contributed by atoms with E-state index in [1.165, 1.54) is 23.5 Å². The van der Waals surface area contributed by atoms with Gasteiger partial charge in [0.2, 0.25) is 0 Å². The summed E-state index contributed by atoms with van der Waals surface area (Å²) >= 11 is 1.46. The normalized spacial score (nSPS) is 19.3. The molecule has 0 unspecified atom stereocenters. The summed E-state index contributed by atoms with van der Waals surface area (Å²) in [5.74, 6) is 5.31. The van der Waals surface area contributed by atoms with Crippen LogP contribution in [0.3, 0.4) is 0 Å². The van der Waals surface area contributed by atoms with Gasteiger partial charge in [0, 0.05) is 18.7 Å². The average Bonchev–Trinajstić information content (AvgIpc) is 3.09. The van der Waals surface area contributed by atoms with Crippen LogP contribution in [0.25, 0.3) is 10.2 Å². The first-order valence-corrected chi connectivity index (χ1v) is 9.92. The summed E-state index contributed by atoms with van der Waals surface area (Å²) in [4.78, 5) is 18.1. The number of morpholine rings is 1. The molecule has 0 amide bonds. The number of hydrogen-bond donors (Lipinski definition) is 0. The lowest BCUT2D eigenvalue weighted by atomic mass is 10.1. The van der Waals surface area contributed by atoms with E-state index < -0.39 is 5.82 Å². The van der Waals surface area contributed by atoms with E-state index in [1.807, 2.05) is 43.0 Å². The van der Waals surface area contributed by atoms with Gasteiger partial charge < -0.3 is 9.64 Å². The Morgan fingerprint density at radius 1 is 1.21 bits per heavy atom. The minimum Gasteiger partial charge on any atom is -0.372 e. The number of hydrogen-bond acceptors (Lipinski definition) is 5. The van der Waals surface area contributed by atoms with E-state index in [2.05, 4.69) is 16.8 Å². The van der Waals surface area contributed by atoms with Crippen LogP contribution in [-0.2, 0) is 4.74 Å². The van der Waals surface area contributed by atoms with Crippen LogP contribution in [0.5, 0.6) is 0 Å². The Morgan fingerprint density at radius 3 is 2.68 bits per heavy atom. The molecule has 2 aromatic carbocycles. The van der Waals surface area contributed by atoms with E-state index in [0.717, 1.165) is 16.5 Å². The Labute approximate surface area is 167 Å². The number of carbonyl (C=O) groups excluding carboxylic acids is 1. The van der Waals surface area contributed by atoms with Gasteiger partial charge in [-0.1, -0.05) is 18.1 Å². The zero-order chi connectivity index (χ0) is 19.7. The second kappa shape index (κ2) is 7.70. The van der Waals surface area contributed by atoms with Crippen LogP contribution in [-0.4, -0.2) is 36.6 Å². The van der Waals surface area contributed by atoms with Crippen LogP contribution < -0.4 is 4.90 Å². The Hall–Kier alpha value is -2.75. The maximum Gasteiger partial charge on any atom is 0.168 e. The number of aromatic nitrogens is 1. The molecular weight excluding hydrogens is 375 g/mol. The van der Waals surface area contributed by atoms with Crippen LogP contribution in [0.2, 0.25) is 0 Å². The van der Waals surface area contributed by atoms with Crippen molar-refractivity contribution in [3.05, 3.63) is 58.3 Å². The molecule has 0 bridgehead atoms. The number of rotatable bonds is 2. The SMILES string of the molecule is C[C@@H]1CN(c2cc(F)c(C#Cc3nc4ccccc4s3)cc2C=O)C[C@H](C)O1. The summed E-state index contributed by atoms with van der Waals surface area (Å²) in [5.41, 5.74) is 2.08. The second-order valence-corrected chi connectivity index (χ2v) is 7.94. The van der Waals surface area contributed by atoms with Crippen molar-refractivity contribution in [2.45, 2.75) is 26.1 Å². The molecule has 3 aromatic rings. The van der Waals surface area contributed by atoms with E-state index in [9.17, 15) is 9.18 Å². The number of carbonyl (C=O) groups is 1. The zero-order valence-corrected chi connectivity index (χ0v) is 16.4. The number of fused-ring (bicyclic) bond motifs is 1. The molecule has 0 N–H and O–H groups in total. The molecule has 4 nitrogen and oxygen atoms in total. The van der Waals surface area contributed by atoms with Gasteiger partial charge in [0.25, 0.3) is 0 Å². The van der Waals surface area contributed by atoms with Crippen LogP contribution in [0.15, 0.2) is 36.4 Å². The summed E-state index contributed by atoms with van der Waals surface area (Å²) in [6.45, 7) is 5.16. The third kappa shape index (κ3) is 3.77. The third-order valence-corrected chi connectivity index (χ3v) is 5.55. The van der Waals surface area contributed by atoms with E-state index >= 15 is 0 Å². The molecule has 1 aliphatic rings. The molecule has 6 heteroatoms. The van der Waals surface area contributed by atoms with Crippen molar-refractivity contribution < 1.29 is 13.9 Å². The molecule has 0 saturated carbocycles. The lowest BCUT2D eigenvalue weighted by Crippen LogP contribution is -2.45. The smallest absolute Gasteiger partial charge is 0.168 e. The minimum atomic E-state index is -0.444. The van der Waals surface area contributed by atoms with Crippen LogP contribution >= 0.6 is 11.3 Å². The molecule has 0 aliphatic carbocycles. The van der Waals surface area contributed by atoms with Gasteiger partial charge in [-0.3, -0.25) is 4.79 Å². The van der Waals surface area contributed by atoms with E-state index in [0.29, 0.717) is 29.3 Å². The van der Waals surface area contributed by atoms with E-state index in [4.69, 9.17) is 4.74 Å². The molecule has 1 aromatic heterocycles. The fourth-order valence-corrected chi connectivity index (χ4v) is 4.28. The molecule has 28 heavy (non-hydrogen) atoms. The van der Waals surface area contributed by atoms with Crippen molar-refractivity contribution in [2.75, 3.05) is 18.0 Å². The first kappa shape index (κ1) is 18.6. The lowest BCUT2D eigenvalue weighted by Gasteiger charge is -2.37. The summed E-state index contributed by atoms with van der Waals surface area (Å²) in [5, 5.41) is 0.619. The fourth-order valence-electron chi connectivity index (χ4n) is 3.46. The third-order valence-electron chi connectivity index (χ3n) is 4.60. The summed E-state index contributed by atoms with van der Waals surface area (Å²) in [6.07, 6.45) is 0.789. The van der Waals surface area contributed by atoms with Gasteiger partial charge in [0.05, 0.1) is 33.7 Å². The molecule has 142 valence electrons. The Balaban J connectivity index is 1.67. The Kier molecular flexibility index (Phi) is 5.12. The quantitative estimate of drug-likeness (QED) is 0.481. The Morgan fingerprint density at radius 2 is 1.96 bits per heavy atom. The number of thiazole rings is 1. The largest absolute Gasteiger partial charge is 0.372 e. The van der Waals surface area contributed by atoms with E-state index in [-0.39, 0.29) is 17.8 Å². The Bertz CT molecular complexity index is 1060. The van der Waals surface area contributed by atoms with Gasteiger partial charge in [-0.05, 0) is 44.0 Å². The van der Waals surface area contributed by atoms with Gasteiger partial charge in [-0.2, -0.15) is 0 Å².